The van der Waals surface area contributed by atoms with Gasteiger partial charge in [0, 0.05) is 12.0 Å². The number of hydrogen-bond donors (Lipinski definition) is 2. The molecule has 4 nitrogen and oxygen atoms in total. The Morgan fingerprint density at radius 2 is 2.00 bits per heavy atom. The SMILES string of the molecule is CCCCC(=O)Nc1nc(-c2ccc(CC)cc2)c(N)s1. The second kappa shape index (κ2) is 7.22. The predicted molar refractivity (Wildman–Crippen MR) is 89.5 cm³/mol. The monoisotopic (exact) mass is 303 g/mol. The fraction of sp³-hybridized carbons (Fsp3) is 0.375. The molecule has 0 atom stereocenters. The van der Waals surface area contributed by atoms with Gasteiger partial charge in [0.2, 0.25) is 5.91 Å². The van der Waals surface area contributed by atoms with Crippen LogP contribution in [0.4, 0.5) is 10.1 Å². The molecule has 0 aliphatic heterocycles. The number of carbonyl (C=O) groups excluding carboxylic acids is 1. The molecule has 0 saturated carbocycles. The number of aromatic nitrogens is 1. The molecule has 0 radical (unpaired) electrons. The van der Waals surface area contributed by atoms with E-state index in [4.69, 9.17) is 5.73 Å². The minimum absolute atomic E-state index is 0.00141. The van der Waals surface area contributed by atoms with Crippen LogP contribution < -0.4 is 11.1 Å². The smallest absolute Gasteiger partial charge is 0.226 e. The largest absolute Gasteiger partial charge is 0.389 e. The van der Waals surface area contributed by atoms with Gasteiger partial charge in [0.05, 0.1) is 0 Å². The van der Waals surface area contributed by atoms with Gasteiger partial charge < -0.3 is 11.1 Å². The van der Waals surface area contributed by atoms with Gasteiger partial charge in [-0.3, -0.25) is 4.79 Å². The molecule has 0 unspecified atom stereocenters. The molecular formula is C16H21N3OS. The number of carbonyl (C=O) groups is 1. The number of aryl methyl sites for hydroxylation is 1. The first-order valence-corrected chi connectivity index (χ1v) is 8.11. The summed E-state index contributed by atoms with van der Waals surface area (Å²) < 4.78 is 0. The summed E-state index contributed by atoms with van der Waals surface area (Å²) in [6.07, 6.45) is 3.42. The third-order valence-corrected chi connectivity index (χ3v) is 4.09. The number of amides is 1. The maximum absolute atomic E-state index is 11.7. The number of thiazole rings is 1. The molecule has 1 heterocycles. The molecule has 2 aromatic rings. The first-order valence-electron chi connectivity index (χ1n) is 7.29. The molecule has 0 bridgehead atoms. The summed E-state index contributed by atoms with van der Waals surface area (Å²) in [6.45, 7) is 4.18. The number of unbranched alkanes of at least 4 members (excludes halogenated alkanes) is 1. The highest BCUT2D eigenvalue weighted by Gasteiger charge is 2.12. The lowest BCUT2D eigenvalue weighted by molar-refractivity contribution is -0.116. The Kier molecular flexibility index (Phi) is 5.33. The van der Waals surface area contributed by atoms with Crippen LogP contribution in [-0.4, -0.2) is 10.9 Å². The number of nitrogens with zero attached hydrogens (tertiary/aromatic N) is 1. The molecule has 21 heavy (non-hydrogen) atoms. The molecule has 0 saturated heterocycles. The summed E-state index contributed by atoms with van der Waals surface area (Å²) >= 11 is 1.32. The standard InChI is InChI=1S/C16H21N3OS/c1-3-5-6-13(20)18-16-19-14(15(17)21-16)12-9-7-11(4-2)8-10-12/h7-10H,3-6,17H2,1-2H3,(H,18,19,20). The molecule has 112 valence electrons. The summed E-state index contributed by atoms with van der Waals surface area (Å²) in [7, 11) is 0. The van der Waals surface area contributed by atoms with E-state index in [9.17, 15) is 4.79 Å². The number of nitrogen functional groups attached to an aromatic ring is 1. The van der Waals surface area contributed by atoms with Crippen LogP contribution in [0.3, 0.4) is 0 Å². The van der Waals surface area contributed by atoms with Gasteiger partial charge in [-0.05, 0) is 18.4 Å². The maximum Gasteiger partial charge on any atom is 0.226 e. The van der Waals surface area contributed by atoms with E-state index >= 15 is 0 Å². The maximum atomic E-state index is 11.7. The lowest BCUT2D eigenvalue weighted by Crippen LogP contribution is -2.10. The Balaban J connectivity index is 2.12. The van der Waals surface area contributed by atoms with Crippen LogP contribution in [0.1, 0.15) is 38.7 Å². The summed E-state index contributed by atoms with van der Waals surface area (Å²) in [5, 5.41) is 4.02. The van der Waals surface area contributed by atoms with E-state index < -0.39 is 0 Å². The fourth-order valence-electron chi connectivity index (χ4n) is 2.01. The van der Waals surface area contributed by atoms with Crippen molar-refractivity contribution in [2.45, 2.75) is 39.5 Å². The van der Waals surface area contributed by atoms with Gasteiger partial charge in [-0.2, -0.15) is 0 Å². The highest BCUT2D eigenvalue weighted by Crippen LogP contribution is 2.33. The van der Waals surface area contributed by atoms with E-state index in [1.54, 1.807) is 0 Å². The van der Waals surface area contributed by atoms with Crippen molar-refractivity contribution < 1.29 is 4.79 Å². The lowest BCUT2D eigenvalue weighted by Gasteiger charge is -2.01. The number of rotatable bonds is 6. The van der Waals surface area contributed by atoms with Gasteiger partial charge in [-0.1, -0.05) is 55.9 Å². The van der Waals surface area contributed by atoms with E-state index in [0.29, 0.717) is 16.6 Å². The van der Waals surface area contributed by atoms with E-state index in [-0.39, 0.29) is 5.91 Å². The van der Waals surface area contributed by atoms with Gasteiger partial charge in [-0.25, -0.2) is 4.98 Å². The van der Waals surface area contributed by atoms with Crippen LogP contribution in [0.2, 0.25) is 0 Å². The van der Waals surface area contributed by atoms with E-state index in [1.165, 1.54) is 16.9 Å². The summed E-state index contributed by atoms with van der Waals surface area (Å²) in [4.78, 5) is 16.2. The van der Waals surface area contributed by atoms with Crippen molar-refractivity contribution in [3.63, 3.8) is 0 Å². The molecule has 5 heteroatoms. The molecule has 0 fully saturated rings. The third kappa shape index (κ3) is 4.04. The second-order valence-corrected chi connectivity index (χ2v) is 5.96. The molecule has 1 amide bonds. The normalized spacial score (nSPS) is 10.6. The van der Waals surface area contributed by atoms with Crippen LogP contribution >= 0.6 is 11.3 Å². The fourth-order valence-corrected chi connectivity index (χ4v) is 2.78. The zero-order valence-corrected chi connectivity index (χ0v) is 13.3. The topological polar surface area (TPSA) is 68.0 Å². The number of nitrogens with two attached hydrogens (primary N) is 1. The quantitative estimate of drug-likeness (QED) is 0.844. The highest BCUT2D eigenvalue weighted by molar-refractivity contribution is 7.20. The Morgan fingerprint density at radius 1 is 1.29 bits per heavy atom. The van der Waals surface area contributed by atoms with Gasteiger partial charge in [0.15, 0.2) is 5.13 Å². The van der Waals surface area contributed by atoms with Crippen LogP contribution in [0.25, 0.3) is 11.3 Å². The number of hydrogen-bond acceptors (Lipinski definition) is 4. The minimum atomic E-state index is -0.00141. The van der Waals surface area contributed by atoms with E-state index in [0.717, 1.165) is 30.5 Å². The van der Waals surface area contributed by atoms with Gasteiger partial charge >= 0.3 is 0 Å². The number of nitrogens with one attached hydrogen (secondary N) is 1. The average molecular weight is 303 g/mol. The number of benzene rings is 1. The summed E-state index contributed by atoms with van der Waals surface area (Å²) in [6, 6.07) is 8.20. The first-order chi connectivity index (χ1) is 10.1. The van der Waals surface area contributed by atoms with Crippen LogP contribution in [0, 0.1) is 0 Å². The average Bonchev–Trinajstić information content (AvgIpc) is 2.85. The number of anilines is 2. The van der Waals surface area contributed by atoms with Crippen molar-refractivity contribution in [2.75, 3.05) is 11.1 Å². The van der Waals surface area contributed by atoms with Crippen molar-refractivity contribution in [1.29, 1.82) is 0 Å². The predicted octanol–water partition coefficient (Wildman–Crippen LogP) is 4.08. The first kappa shape index (κ1) is 15.5. The van der Waals surface area contributed by atoms with E-state index in [2.05, 4.69) is 36.3 Å². The Bertz CT molecular complexity index is 604. The lowest BCUT2D eigenvalue weighted by atomic mass is 10.1. The van der Waals surface area contributed by atoms with Crippen molar-refractivity contribution >= 4 is 27.4 Å². The van der Waals surface area contributed by atoms with Crippen molar-refractivity contribution in [3.05, 3.63) is 29.8 Å². The molecule has 0 aliphatic rings. The van der Waals surface area contributed by atoms with Crippen molar-refractivity contribution in [3.8, 4) is 11.3 Å². The Morgan fingerprint density at radius 3 is 2.62 bits per heavy atom. The molecule has 0 aliphatic carbocycles. The minimum Gasteiger partial charge on any atom is -0.389 e. The summed E-state index contributed by atoms with van der Waals surface area (Å²) in [5.74, 6) is -0.00141. The molecular weight excluding hydrogens is 282 g/mol. The zero-order chi connectivity index (χ0) is 15.2. The molecule has 1 aromatic heterocycles. The third-order valence-electron chi connectivity index (χ3n) is 3.29. The molecule has 1 aromatic carbocycles. The molecule has 2 rings (SSSR count). The summed E-state index contributed by atoms with van der Waals surface area (Å²) in [5.41, 5.74) is 9.03. The second-order valence-electron chi connectivity index (χ2n) is 4.93. The van der Waals surface area contributed by atoms with Crippen LogP contribution in [0.5, 0.6) is 0 Å². The van der Waals surface area contributed by atoms with Gasteiger partial charge in [-0.15, -0.1) is 0 Å². The van der Waals surface area contributed by atoms with Crippen molar-refractivity contribution in [1.82, 2.24) is 4.98 Å². The van der Waals surface area contributed by atoms with E-state index in [1.807, 2.05) is 12.1 Å². The van der Waals surface area contributed by atoms with Gasteiger partial charge in [0.1, 0.15) is 10.7 Å². The zero-order valence-electron chi connectivity index (χ0n) is 12.5. The molecule has 3 N–H and O–H groups in total. The Labute approximate surface area is 129 Å². The highest BCUT2D eigenvalue weighted by atomic mass is 32.1. The van der Waals surface area contributed by atoms with Crippen LogP contribution in [0.15, 0.2) is 24.3 Å². The Hall–Kier alpha value is -1.88. The molecule has 0 spiro atoms. The van der Waals surface area contributed by atoms with Crippen molar-refractivity contribution in [2.24, 2.45) is 0 Å². The van der Waals surface area contributed by atoms with Crippen LogP contribution in [-0.2, 0) is 11.2 Å². The van der Waals surface area contributed by atoms with Gasteiger partial charge in [0.25, 0.3) is 0 Å².